The topological polar surface area (TPSA) is 17.1 Å². The van der Waals surface area contributed by atoms with Crippen LogP contribution in [-0.4, -0.2) is 5.78 Å². The third-order valence-corrected chi connectivity index (χ3v) is 3.39. The van der Waals surface area contributed by atoms with Gasteiger partial charge in [0.25, 0.3) is 0 Å². The van der Waals surface area contributed by atoms with Crippen LogP contribution in [0.25, 0.3) is 0 Å². The summed E-state index contributed by atoms with van der Waals surface area (Å²) >= 11 is 0. The fourth-order valence-electron chi connectivity index (χ4n) is 2.14. The Labute approximate surface area is 105 Å². The highest BCUT2D eigenvalue weighted by molar-refractivity contribution is 5.75. The molecule has 0 aliphatic carbocycles. The summed E-state index contributed by atoms with van der Waals surface area (Å²) in [4.78, 5) is 10.8. The highest BCUT2D eigenvalue weighted by atomic mass is 16.1. The van der Waals surface area contributed by atoms with Crippen LogP contribution in [0.3, 0.4) is 0 Å². The summed E-state index contributed by atoms with van der Waals surface area (Å²) in [5.41, 5.74) is 2.86. The minimum absolute atomic E-state index is 0.316. The molecule has 0 aromatic heterocycles. The molecule has 0 radical (unpaired) electrons. The van der Waals surface area contributed by atoms with Crippen LogP contribution in [0.1, 0.15) is 50.7 Å². The van der Waals surface area contributed by atoms with E-state index in [2.05, 4.69) is 38.1 Å². The molecular formula is C16H24O. The van der Waals surface area contributed by atoms with E-state index in [9.17, 15) is 4.79 Å². The second-order valence-corrected chi connectivity index (χ2v) is 5.16. The second-order valence-electron chi connectivity index (χ2n) is 5.16. The summed E-state index contributed by atoms with van der Waals surface area (Å²) in [5.74, 6) is 1.03. The molecule has 1 nitrogen and oxygen atoms in total. The van der Waals surface area contributed by atoms with Crippen molar-refractivity contribution >= 4 is 5.78 Å². The van der Waals surface area contributed by atoms with Gasteiger partial charge in [-0.25, -0.2) is 0 Å². The molecule has 0 aliphatic rings. The lowest BCUT2D eigenvalue weighted by atomic mass is 9.94. The molecular weight excluding hydrogens is 208 g/mol. The summed E-state index contributed by atoms with van der Waals surface area (Å²) in [6.07, 6.45) is 5.35. The number of hydrogen-bond donors (Lipinski definition) is 0. The monoisotopic (exact) mass is 232 g/mol. The van der Waals surface area contributed by atoms with E-state index in [-0.39, 0.29) is 0 Å². The third-order valence-electron chi connectivity index (χ3n) is 3.39. The lowest BCUT2D eigenvalue weighted by Crippen LogP contribution is -2.00. The first-order chi connectivity index (χ1) is 8.09. The third kappa shape index (κ3) is 5.67. The molecule has 0 amide bonds. The van der Waals surface area contributed by atoms with E-state index in [0.29, 0.717) is 11.7 Å². The lowest BCUT2D eigenvalue weighted by Gasteiger charge is -2.11. The first kappa shape index (κ1) is 14.0. The summed E-state index contributed by atoms with van der Waals surface area (Å²) in [5, 5.41) is 0. The molecule has 0 fully saturated rings. The van der Waals surface area contributed by atoms with Crippen molar-refractivity contribution in [3.8, 4) is 0 Å². The van der Waals surface area contributed by atoms with Gasteiger partial charge in [0.15, 0.2) is 0 Å². The Morgan fingerprint density at radius 1 is 1.24 bits per heavy atom. The van der Waals surface area contributed by atoms with Gasteiger partial charge in [0.05, 0.1) is 0 Å². The van der Waals surface area contributed by atoms with E-state index in [1.165, 1.54) is 24.0 Å². The van der Waals surface area contributed by atoms with Crippen LogP contribution in [0, 0.1) is 12.8 Å². The van der Waals surface area contributed by atoms with E-state index in [0.717, 1.165) is 19.3 Å². The number of carbonyl (C=O) groups is 1. The van der Waals surface area contributed by atoms with Gasteiger partial charge in [0, 0.05) is 6.42 Å². The molecule has 0 saturated heterocycles. The fraction of sp³-hybridized carbons (Fsp3) is 0.562. The molecule has 0 aliphatic heterocycles. The van der Waals surface area contributed by atoms with E-state index in [4.69, 9.17) is 0 Å². The van der Waals surface area contributed by atoms with Gasteiger partial charge in [0.2, 0.25) is 0 Å². The van der Waals surface area contributed by atoms with Crippen molar-refractivity contribution in [2.45, 2.75) is 52.9 Å². The van der Waals surface area contributed by atoms with E-state index < -0.39 is 0 Å². The number of Topliss-reactive ketones (excluding diaryl/α,β-unsaturated/α-hetero) is 1. The largest absolute Gasteiger partial charge is 0.300 e. The molecule has 0 bridgehead atoms. The number of ketones is 1. The van der Waals surface area contributed by atoms with Crippen molar-refractivity contribution < 1.29 is 4.79 Å². The predicted molar refractivity (Wildman–Crippen MR) is 73.2 cm³/mol. The summed E-state index contributed by atoms with van der Waals surface area (Å²) in [6, 6.07) is 8.60. The summed E-state index contributed by atoms with van der Waals surface area (Å²) in [7, 11) is 0. The Hall–Kier alpha value is -1.11. The van der Waals surface area contributed by atoms with Gasteiger partial charge in [-0.2, -0.15) is 0 Å². The Morgan fingerprint density at radius 3 is 2.59 bits per heavy atom. The van der Waals surface area contributed by atoms with Gasteiger partial charge in [-0.05, 0) is 50.2 Å². The van der Waals surface area contributed by atoms with Crippen LogP contribution in [0.15, 0.2) is 24.3 Å². The summed E-state index contributed by atoms with van der Waals surface area (Å²) in [6.45, 7) is 6.14. The molecule has 17 heavy (non-hydrogen) atoms. The Bertz CT molecular complexity index is 354. The van der Waals surface area contributed by atoms with Crippen LogP contribution < -0.4 is 0 Å². The number of benzene rings is 1. The average molecular weight is 232 g/mol. The highest BCUT2D eigenvalue weighted by Gasteiger charge is 2.05. The maximum absolute atomic E-state index is 10.8. The van der Waals surface area contributed by atoms with Gasteiger partial charge >= 0.3 is 0 Å². The van der Waals surface area contributed by atoms with Crippen LogP contribution in [-0.2, 0) is 11.2 Å². The molecule has 0 spiro atoms. The number of carbonyl (C=O) groups excluding carboxylic acids is 1. The van der Waals surface area contributed by atoms with E-state index in [1.807, 2.05) is 0 Å². The zero-order valence-electron chi connectivity index (χ0n) is 11.3. The molecule has 1 aromatic carbocycles. The maximum atomic E-state index is 10.8. The van der Waals surface area contributed by atoms with Gasteiger partial charge in [-0.15, -0.1) is 0 Å². The van der Waals surface area contributed by atoms with Gasteiger partial charge in [0.1, 0.15) is 5.78 Å². The predicted octanol–water partition coefficient (Wildman–Crippen LogP) is 4.32. The molecule has 0 heterocycles. The van der Waals surface area contributed by atoms with Crippen molar-refractivity contribution in [1.29, 1.82) is 0 Å². The number of hydrogen-bond acceptors (Lipinski definition) is 1. The van der Waals surface area contributed by atoms with Crippen LogP contribution in [0.4, 0.5) is 0 Å². The molecule has 1 aromatic rings. The Balaban J connectivity index is 2.26. The van der Waals surface area contributed by atoms with Gasteiger partial charge in [-0.1, -0.05) is 37.6 Å². The van der Waals surface area contributed by atoms with Crippen LogP contribution in [0.5, 0.6) is 0 Å². The van der Waals surface area contributed by atoms with Crippen molar-refractivity contribution in [1.82, 2.24) is 0 Å². The van der Waals surface area contributed by atoms with Crippen molar-refractivity contribution in [3.63, 3.8) is 0 Å². The lowest BCUT2D eigenvalue weighted by molar-refractivity contribution is -0.117. The first-order valence-corrected chi connectivity index (χ1v) is 6.63. The Morgan fingerprint density at radius 2 is 1.94 bits per heavy atom. The summed E-state index contributed by atoms with van der Waals surface area (Å²) < 4.78 is 0. The standard InChI is InChI=1S/C16H24O/c1-13(7-6-9-15(3)17)11-12-16-10-5-4-8-14(16)2/h4-5,8,10,13H,6-7,9,11-12H2,1-3H3. The molecule has 0 saturated carbocycles. The minimum Gasteiger partial charge on any atom is -0.300 e. The molecule has 1 heteroatoms. The molecule has 1 unspecified atom stereocenters. The fourth-order valence-corrected chi connectivity index (χ4v) is 2.14. The number of aryl methyl sites for hydroxylation is 2. The minimum atomic E-state index is 0.316. The van der Waals surface area contributed by atoms with Gasteiger partial charge in [-0.3, -0.25) is 0 Å². The van der Waals surface area contributed by atoms with Gasteiger partial charge < -0.3 is 4.79 Å². The quantitative estimate of drug-likeness (QED) is 0.684. The maximum Gasteiger partial charge on any atom is 0.129 e. The second kappa shape index (κ2) is 7.26. The zero-order chi connectivity index (χ0) is 12.7. The van der Waals surface area contributed by atoms with Crippen LogP contribution in [0.2, 0.25) is 0 Å². The molecule has 94 valence electrons. The smallest absolute Gasteiger partial charge is 0.129 e. The normalized spacial score (nSPS) is 12.4. The molecule has 0 N–H and O–H groups in total. The Kier molecular flexibility index (Phi) is 5.96. The number of rotatable bonds is 7. The highest BCUT2D eigenvalue weighted by Crippen LogP contribution is 2.17. The zero-order valence-corrected chi connectivity index (χ0v) is 11.3. The van der Waals surface area contributed by atoms with Crippen LogP contribution >= 0.6 is 0 Å². The molecule has 1 rings (SSSR count). The average Bonchev–Trinajstić information content (AvgIpc) is 2.27. The molecule has 1 atom stereocenters. The van der Waals surface area contributed by atoms with E-state index in [1.54, 1.807) is 6.92 Å². The van der Waals surface area contributed by atoms with Crippen molar-refractivity contribution in [2.24, 2.45) is 5.92 Å². The SMILES string of the molecule is CC(=O)CCCC(C)CCc1ccccc1C. The van der Waals surface area contributed by atoms with E-state index >= 15 is 0 Å². The first-order valence-electron chi connectivity index (χ1n) is 6.63. The van der Waals surface area contributed by atoms with Crippen molar-refractivity contribution in [2.75, 3.05) is 0 Å². The van der Waals surface area contributed by atoms with Crippen molar-refractivity contribution in [3.05, 3.63) is 35.4 Å².